The van der Waals surface area contributed by atoms with Crippen LogP contribution in [0.25, 0.3) is 0 Å². The summed E-state index contributed by atoms with van der Waals surface area (Å²) in [7, 11) is 0. The van der Waals surface area contributed by atoms with Gasteiger partial charge in [-0.2, -0.15) is 0 Å². The number of amides is 1. The zero-order valence-electron chi connectivity index (χ0n) is 8.75. The van der Waals surface area contributed by atoms with Gasteiger partial charge < -0.3 is 5.32 Å². The molecular formula is C9H14N2O3. The van der Waals surface area contributed by atoms with E-state index in [9.17, 15) is 14.9 Å². The molecule has 0 unspecified atom stereocenters. The summed E-state index contributed by atoms with van der Waals surface area (Å²) in [5.74, 6) is -0.317. The maximum atomic E-state index is 10.8. The van der Waals surface area contributed by atoms with E-state index in [-0.39, 0.29) is 17.3 Å². The Bertz CT molecular complexity index is 312. The summed E-state index contributed by atoms with van der Waals surface area (Å²) < 4.78 is 0. The Balaban J connectivity index is 5.13. The van der Waals surface area contributed by atoms with Crippen LogP contribution in [0.5, 0.6) is 0 Å². The lowest BCUT2D eigenvalue weighted by atomic mass is 10.2. The average Bonchev–Trinajstić information content (AvgIpc) is 2.02. The number of carbonyl (C=O) groups excluding carboxylic acids is 1. The Morgan fingerprint density at radius 1 is 1.36 bits per heavy atom. The molecule has 5 heteroatoms. The summed E-state index contributed by atoms with van der Waals surface area (Å²) in [6, 6.07) is 0. The van der Waals surface area contributed by atoms with Crippen LogP contribution in [-0.2, 0) is 4.79 Å². The third kappa shape index (κ3) is 3.38. The minimum atomic E-state index is -0.516. The number of carbonyl (C=O) groups is 1. The van der Waals surface area contributed by atoms with E-state index in [1.807, 2.05) is 0 Å². The van der Waals surface area contributed by atoms with Gasteiger partial charge in [-0.15, -0.1) is 0 Å². The first-order valence-electron chi connectivity index (χ1n) is 4.16. The number of allylic oxidation sites excluding steroid dienone is 2. The monoisotopic (exact) mass is 198 g/mol. The summed E-state index contributed by atoms with van der Waals surface area (Å²) in [5, 5.41) is 13.1. The van der Waals surface area contributed by atoms with Crippen molar-refractivity contribution in [3.8, 4) is 0 Å². The van der Waals surface area contributed by atoms with Crippen LogP contribution in [0.1, 0.15) is 27.7 Å². The van der Waals surface area contributed by atoms with E-state index in [4.69, 9.17) is 0 Å². The molecule has 14 heavy (non-hydrogen) atoms. The highest BCUT2D eigenvalue weighted by atomic mass is 16.6. The normalized spacial score (nSPS) is 10.7. The van der Waals surface area contributed by atoms with Gasteiger partial charge in [0, 0.05) is 6.92 Å². The van der Waals surface area contributed by atoms with Crippen LogP contribution < -0.4 is 5.32 Å². The molecule has 0 heterocycles. The highest BCUT2D eigenvalue weighted by Crippen LogP contribution is 2.12. The molecule has 0 aliphatic rings. The fourth-order valence-corrected chi connectivity index (χ4v) is 0.962. The summed E-state index contributed by atoms with van der Waals surface area (Å²) >= 11 is 0. The zero-order valence-corrected chi connectivity index (χ0v) is 8.75. The topological polar surface area (TPSA) is 72.2 Å². The van der Waals surface area contributed by atoms with Gasteiger partial charge in [0.25, 0.3) is 5.70 Å². The molecule has 0 rings (SSSR count). The lowest BCUT2D eigenvalue weighted by Crippen LogP contribution is -2.24. The van der Waals surface area contributed by atoms with Crippen molar-refractivity contribution in [2.45, 2.75) is 27.7 Å². The molecule has 0 fully saturated rings. The van der Waals surface area contributed by atoms with Gasteiger partial charge in [0.15, 0.2) is 0 Å². The van der Waals surface area contributed by atoms with E-state index in [2.05, 4.69) is 5.32 Å². The molecule has 0 atom stereocenters. The van der Waals surface area contributed by atoms with E-state index in [0.29, 0.717) is 5.57 Å². The van der Waals surface area contributed by atoms with Gasteiger partial charge in [-0.3, -0.25) is 14.9 Å². The summed E-state index contributed by atoms with van der Waals surface area (Å²) in [6.45, 7) is 6.29. The van der Waals surface area contributed by atoms with Gasteiger partial charge in [-0.25, -0.2) is 0 Å². The first-order valence-corrected chi connectivity index (χ1v) is 4.16. The standard InChI is InChI=1S/C9H14N2O3/c1-5-8(11(13)14)9(6(2)3)10-7(4)12/h5H,1-4H3,(H,10,12)/b8-5+. The molecule has 0 radical (unpaired) electrons. The molecule has 0 aromatic carbocycles. The second kappa shape index (κ2) is 5.16. The predicted molar refractivity (Wildman–Crippen MR) is 52.9 cm³/mol. The Morgan fingerprint density at radius 2 is 1.86 bits per heavy atom. The van der Waals surface area contributed by atoms with Crippen molar-refractivity contribution in [3.63, 3.8) is 0 Å². The molecule has 0 bridgehead atoms. The Hall–Kier alpha value is -1.65. The molecule has 0 aliphatic carbocycles. The molecule has 0 saturated heterocycles. The number of rotatable bonds is 3. The number of hydrogen-bond donors (Lipinski definition) is 1. The van der Waals surface area contributed by atoms with Crippen LogP contribution in [0.4, 0.5) is 0 Å². The summed E-state index contributed by atoms with van der Waals surface area (Å²) in [5.41, 5.74) is 0.884. The maximum absolute atomic E-state index is 10.8. The van der Waals surface area contributed by atoms with Crippen LogP contribution in [-0.4, -0.2) is 10.8 Å². The molecule has 0 aromatic heterocycles. The highest BCUT2D eigenvalue weighted by Gasteiger charge is 2.18. The zero-order chi connectivity index (χ0) is 11.3. The van der Waals surface area contributed by atoms with Crippen molar-refractivity contribution >= 4 is 5.91 Å². The van der Waals surface area contributed by atoms with E-state index in [0.717, 1.165) is 0 Å². The van der Waals surface area contributed by atoms with E-state index >= 15 is 0 Å². The van der Waals surface area contributed by atoms with E-state index < -0.39 is 4.92 Å². The van der Waals surface area contributed by atoms with Gasteiger partial charge >= 0.3 is 0 Å². The third-order valence-corrected chi connectivity index (χ3v) is 1.53. The van der Waals surface area contributed by atoms with Gasteiger partial charge in [-0.05, 0) is 32.4 Å². The molecule has 0 spiro atoms. The van der Waals surface area contributed by atoms with Gasteiger partial charge in [0.2, 0.25) is 5.91 Å². The number of nitro groups is 1. The minimum absolute atomic E-state index is 0.0831. The largest absolute Gasteiger partial charge is 0.321 e. The van der Waals surface area contributed by atoms with Crippen molar-refractivity contribution in [2.75, 3.05) is 0 Å². The summed E-state index contributed by atoms with van der Waals surface area (Å²) in [4.78, 5) is 20.9. The molecule has 0 saturated carbocycles. The summed E-state index contributed by atoms with van der Waals surface area (Å²) in [6.07, 6.45) is 1.36. The molecule has 5 nitrogen and oxygen atoms in total. The van der Waals surface area contributed by atoms with Crippen molar-refractivity contribution in [1.82, 2.24) is 5.32 Å². The van der Waals surface area contributed by atoms with Crippen LogP contribution in [0, 0.1) is 10.1 Å². The average molecular weight is 198 g/mol. The Kier molecular flexibility index (Phi) is 4.55. The fourth-order valence-electron chi connectivity index (χ4n) is 0.962. The second-order valence-corrected chi connectivity index (χ2v) is 2.99. The molecule has 78 valence electrons. The smallest absolute Gasteiger partial charge is 0.288 e. The third-order valence-electron chi connectivity index (χ3n) is 1.53. The molecule has 0 aromatic rings. The Morgan fingerprint density at radius 3 is 2.07 bits per heavy atom. The predicted octanol–water partition coefficient (Wildman–Crippen LogP) is 1.60. The maximum Gasteiger partial charge on any atom is 0.288 e. The van der Waals surface area contributed by atoms with E-state index in [1.165, 1.54) is 13.0 Å². The number of nitrogens with one attached hydrogen (secondary N) is 1. The molecular weight excluding hydrogens is 184 g/mol. The van der Waals surface area contributed by atoms with Crippen LogP contribution in [0.15, 0.2) is 23.0 Å². The van der Waals surface area contributed by atoms with Crippen LogP contribution >= 0.6 is 0 Å². The first kappa shape index (κ1) is 12.3. The fraction of sp³-hybridized carbons (Fsp3) is 0.444. The van der Waals surface area contributed by atoms with Crippen LogP contribution in [0.3, 0.4) is 0 Å². The van der Waals surface area contributed by atoms with Crippen molar-refractivity contribution in [3.05, 3.63) is 33.2 Å². The van der Waals surface area contributed by atoms with Crippen LogP contribution in [0.2, 0.25) is 0 Å². The van der Waals surface area contributed by atoms with Crippen molar-refractivity contribution in [1.29, 1.82) is 0 Å². The van der Waals surface area contributed by atoms with Gasteiger partial charge in [-0.1, -0.05) is 0 Å². The minimum Gasteiger partial charge on any atom is -0.321 e. The number of hydrogen-bond acceptors (Lipinski definition) is 3. The van der Waals surface area contributed by atoms with Gasteiger partial charge in [0.1, 0.15) is 5.70 Å². The van der Waals surface area contributed by atoms with E-state index in [1.54, 1.807) is 20.8 Å². The SMILES string of the molecule is C/C=C(\C(NC(C)=O)=C(C)C)[N+](=O)[O-]. The Labute approximate surface area is 82.6 Å². The molecule has 1 N–H and O–H groups in total. The van der Waals surface area contributed by atoms with Crippen molar-refractivity contribution in [2.24, 2.45) is 0 Å². The molecule has 0 aliphatic heterocycles. The first-order chi connectivity index (χ1) is 6.40. The van der Waals surface area contributed by atoms with Gasteiger partial charge in [0.05, 0.1) is 4.92 Å². The number of nitrogens with zero attached hydrogens (tertiary/aromatic N) is 1. The highest BCUT2D eigenvalue weighted by molar-refractivity contribution is 5.75. The lowest BCUT2D eigenvalue weighted by molar-refractivity contribution is -0.421. The molecule has 1 amide bonds. The quantitative estimate of drug-likeness (QED) is 0.425. The lowest BCUT2D eigenvalue weighted by Gasteiger charge is -2.07. The van der Waals surface area contributed by atoms with Crippen molar-refractivity contribution < 1.29 is 9.72 Å². The second-order valence-electron chi connectivity index (χ2n) is 2.99.